The summed E-state index contributed by atoms with van der Waals surface area (Å²) in [4.78, 5) is 42.5. The van der Waals surface area contributed by atoms with Gasteiger partial charge in [-0.25, -0.2) is 4.98 Å². The number of allylic oxidation sites excluding steroid dienone is 2. The Morgan fingerprint density at radius 1 is 1.24 bits per heavy atom. The van der Waals surface area contributed by atoms with Crippen LogP contribution in [-0.4, -0.2) is 77.0 Å². The van der Waals surface area contributed by atoms with Gasteiger partial charge in [-0.3, -0.25) is 14.4 Å². The Bertz CT molecular complexity index is 1280. The van der Waals surface area contributed by atoms with Crippen LogP contribution in [0.15, 0.2) is 30.5 Å². The van der Waals surface area contributed by atoms with Crippen LogP contribution >= 0.6 is 0 Å². The third kappa shape index (κ3) is 9.54. The van der Waals surface area contributed by atoms with Crippen molar-refractivity contribution in [3.63, 3.8) is 0 Å². The van der Waals surface area contributed by atoms with Gasteiger partial charge in [0.15, 0.2) is 5.82 Å². The van der Waals surface area contributed by atoms with E-state index in [0.717, 1.165) is 43.4 Å². The Kier molecular flexibility index (Phi) is 11.6. The lowest BCUT2D eigenvalue weighted by atomic mass is 9.85. The number of aromatic nitrogens is 2. The smallest absolute Gasteiger partial charge is 0.395 e. The second-order valence-corrected chi connectivity index (χ2v) is 9.71. The first-order valence-electron chi connectivity index (χ1n) is 13.4. The van der Waals surface area contributed by atoms with E-state index < -0.39 is 12.5 Å². The molecule has 2 aliphatic rings. The van der Waals surface area contributed by atoms with Crippen molar-refractivity contribution in [3.8, 4) is 6.07 Å². The van der Waals surface area contributed by atoms with E-state index in [1.807, 2.05) is 17.0 Å². The fraction of sp³-hybridized carbons (Fsp3) is 0.464. The zero-order chi connectivity index (χ0) is 29.8. The van der Waals surface area contributed by atoms with Crippen LogP contribution in [0.5, 0.6) is 0 Å². The predicted octanol–water partition coefficient (Wildman–Crippen LogP) is 3.53. The minimum Gasteiger partial charge on any atom is -0.395 e. The van der Waals surface area contributed by atoms with Gasteiger partial charge in [-0.1, -0.05) is 12.1 Å². The van der Waals surface area contributed by atoms with E-state index in [1.54, 1.807) is 0 Å². The number of aliphatic hydroxyl groups is 1. The van der Waals surface area contributed by atoms with Crippen LogP contribution < -0.4 is 10.6 Å². The number of halogens is 3. The molecular formula is C28H33F3N6O4. The molecule has 2 amide bonds. The summed E-state index contributed by atoms with van der Waals surface area (Å²) in [5.41, 5.74) is 4.49. The van der Waals surface area contributed by atoms with Gasteiger partial charge in [0.05, 0.1) is 19.3 Å². The van der Waals surface area contributed by atoms with Crippen LogP contribution in [0, 0.1) is 11.3 Å². The minimum absolute atomic E-state index is 0.0208. The van der Waals surface area contributed by atoms with Crippen molar-refractivity contribution < 1.29 is 32.7 Å². The summed E-state index contributed by atoms with van der Waals surface area (Å²) < 4.78 is 31.2. The molecular weight excluding hydrogens is 541 g/mol. The molecule has 0 atom stereocenters. The van der Waals surface area contributed by atoms with Gasteiger partial charge in [0, 0.05) is 30.9 Å². The van der Waals surface area contributed by atoms with E-state index in [0.29, 0.717) is 25.6 Å². The molecule has 1 fully saturated rings. The van der Waals surface area contributed by atoms with Gasteiger partial charge in [0.25, 0.3) is 5.91 Å². The third-order valence-electron chi connectivity index (χ3n) is 6.86. The lowest BCUT2D eigenvalue weighted by Crippen LogP contribution is -2.43. The third-order valence-corrected chi connectivity index (χ3v) is 6.86. The van der Waals surface area contributed by atoms with Gasteiger partial charge in [0.2, 0.25) is 12.2 Å². The van der Waals surface area contributed by atoms with Crippen LogP contribution in [0.1, 0.15) is 71.9 Å². The van der Waals surface area contributed by atoms with Gasteiger partial charge in [0.1, 0.15) is 11.8 Å². The number of nitriles is 1. The highest BCUT2D eigenvalue weighted by atomic mass is 19.4. The average molecular weight is 575 g/mol. The fourth-order valence-electron chi connectivity index (χ4n) is 4.80. The number of rotatable bonds is 8. The summed E-state index contributed by atoms with van der Waals surface area (Å²) >= 11 is 0. The first-order valence-corrected chi connectivity index (χ1v) is 13.4. The Hall–Kier alpha value is -4.02. The highest BCUT2D eigenvalue weighted by Gasteiger charge is 2.26. The molecule has 0 radical (unpaired) electrons. The van der Waals surface area contributed by atoms with Crippen molar-refractivity contribution in [1.82, 2.24) is 20.2 Å². The molecule has 2 heterocycles. The van der Waals surface area contributed by atoms with Crippen molar-refractivity contribution in [2.24, 2.45) is 0 Å². The number of aromatic amines is 1. The Balaban J connectivity index is 0.000000696. The quantitative estimate of drug-likeness (QED) is 0.278. The van der Waals surface area contributed by atoms with E-state index in [9.17, 15) is 22.8 Å². The Morgan fingerprint density at radius 2 is 1.98 bits per heavy atom. The summed E-state index contributed by atoms with van der Waals surface area (Å²) in [6, 6.07) is 8.17. The second-order valence-electron chi connectivity index (χ2n) is 9.71. The number of H-pyrrole nitrogens is 1. The van der Waals surface area contributed by atoms with E-state index >= 15 is 0 Å². The topological polar surface area (TPSA) is 151 Å². The molecule has 4 rings (SSSR count). The number of anilines is 1. The van der Waals surface area contributed by atoms with Crippen LogP contribution in [0.3, 0.4) is 0 Å². The number of alkyl halides is 3. The zero-order valence-corrected chi connectivity index (χ0v) is 22.5. The number of carbonyl (C=O) groups is 3. The molecule has 0 saturated carbocycles. The van der Waals surface area contributed by atoms with Gasteiger partial charge < -0.3 is 25.6 Å². The molecule has 1 aromatic heterocycles. The van der Waals surface area contributed by atoms with Crippen molar-refractivity contribution in [2.45, 2.75) is 50.6 Å². The van der Waals surface area contributed by atoms with Crippen LogP contribution in [-0.2, 0) is 9.59 Å². The molecule has 0 bridgehead atoms. The summed E-state index contributed by atoms with van der Waals surface area (Å²) in [6.07, 6.45) is 3.99. The van der Waals surface area contributed by atoms with E-state index in [2.05, 4.69) is 38.8 Å². The number of amides is 2. The molecule has 13 heteroatoms. The van der Waals surface area contributed by atoms with E-state index in [1.165, 1.54) is 23.8 Å². The lowest BCUT2D eigenvalue weighted by molar-refractivity contribution is -0.156. The standard InChI is InChI=1S/C26H32N6O3.C2HF3O/c27-15-21-16-29-25(30-21)26(35)31-23-7-6-20(14-22(23)19-4-2-1-3-5-19)18-8-11-32(12-9-18)24(34)17-28-10-13-33;3-2(4,5)1-6/h4,6-7,14,16,18,28,33H,1-3,5,8-13,17H2,(H,29,30)(H,31,35);1H. The maximum Gasteiger partial charge on any atom is 0.446 e. The maximum atomic E-state index is 12.8. The van der Waals surface area contributed by atoms with Gasteiger partial charge in [-0.15, -0.1) is 0 Å². The van der Waals surface area contributed by atoms with Crippen molar-refractivity contribution in [3.05, 3.63) is 53.1 Å². The molecule has 41 heavy (non-hydrogen) atoms. The highest BCUT2D eigenvalue weighted by Crippen LogP contribution is 2.36. The molecule has 2 aromatic rings. The van der Waals surface area contributed by atoms with Crippen molar-refractivity contribution in [2.75, 3.05) is 38.1 Å². The molecule has 220 valence electrons. The summed E-state index contributed by atoms with van der Waals surface area (Å²) in [7, 11) is 0. The number of nitrogens with zero attached hydrogens (tertiary/aromatic N) is 3. The lowest BCUT2D eigenvalue weighted by Gasteiger charge is -2.33. The number of nitrogens with one attached hydrogen (secondary N) is 3. The first-order chi connectivity index (χ1) is 19.6. The molecule has 4 N–H and O–H groups in total. The number of carbonyl (C=O) groups excluding carboxylic acids is 3. The summed E-state index contributed by atoms with van der Waals surface area (Å²) in [5.74, 6) is 0.152. The number of piperidine rings is 1. The molecule has 0 spiro atoms. The highest BCUT2D eigenvalue weighted by molar-refractivity contribution is 6.03. The zero-order valence-electron chi connectivity index (χ0n) is 22.5. The summed E-state index contributed by atoms with van der Waals surface area (Å²) in [5, 5.41) is 23.8. The number of imidazole rings is 1. The van der Waals surface area contributed by atoms with E-state index in [4.69, 9.17) is 15.2 Å². The van der Waals surface area contributed by atoms with Gasteiger partial charge in [-0.2, -0.15) is 18.4 Å². The number of aldehydes is 1. The average Bonchev–Trinajstić information content (AvgIpc) is 3.48. The van der Waals surface area contributed by atoms with Gasteiger partial charge in [-0.05, 0) is 67.7 Å². The largest absolute Gasteiger partial charge is 0.446 e. The molecule has 1 aliphatic carbocycles. The molecule has 1 aliphatic heterocycles. The number of hydrogen-bond donors (Lipinski definition) is 4. The molecule has 1 aromatic carbocycles. The van der Waals surface area contributed by atoms with Gasteiger partial charge >= 0.3 is 6.18 Å². The molecule has 10 nitrogen and oxygen atoms in total. The van der Waals surface area contributed by atoms with Crippen LogP contribution in [0.2, 0.25) is 0 Å². The Labute approximate surface area is 235 Å². The number of likely N-dealkylation sites (tertiary alicyclic amines) is 1. The monoisotopic (exact) mass is 574 g/mol. The van der Waals surface area contributed by atoms with Crippen LogP contribution in [0.4, 0.5) is 18.9 Å². The number of benzene rings is 1. The maximum absolute atomic E-state index is 12.8. The fourth-order valence-corrected chi connectivity index (χ4v) is 4.80. The van der Waals surface area contributed by atoms with E-state index in [-0.39, 0.29) is 36.5 Å². The predicted molar refractivity (Wildman–Crippen MR) is 145 cm³/mol. The Morgan fingerprint density at radius 3 is 2.56 bits per heavy atom. The van der Waals surface area contributed by atoms with Crippen LogP contribution in [0.25, 0.3) is 5.57 Å². The first kappa shape index (κ1) is 31.5. The number of hydrogen-bond acceptors (Lipinski definition) is 7. The normalized spacial score (nSPS) is 15.7. The molecule has 1 saturated heterocycles. The SMILES string of the molecule is N#Cc1cnc(C(=O)Nc2ccc(C3CCN(C(=O)CNCCO)CC3)cc2C2=CCCCC2)[nH]1.O=CC(F)(F)F. The van der Waals surface area contributed by atoms with Crippen molar-refractivity contribution in [1.29, 1.82) is 5.26 Å². The summed E-state index contributed by atoms with van der Waals surface area (Å²) in [6.45, 7) is 2.11. The molecule has 0 unspecified atom stereocenters. The minimum atomic E-state index is -4.64. The second kappa shape index (κ2) is 15.1. The van der Waals surface area contributed by atoms with Crippen molar-refractivity contribution >= 4 is 29.4 Å². The number of aliphatic hydroxyl groups excluding tert-OH is 1.